The summed E-state index contributed by atoms with van der Waals surface area (Å²) < 4.78 is 15.2. The molecule has 59 heavy (non-hydrogen) atoms. The third-order valence-electron chi connectivity index (χ3n) is 8.11. The molecule has 6 rings (SSSR count). The molecule has 0 aliphatic rings. The smallest absolute Gasteiger partial charge is 0.870 e. The Kier molecular flexibility index (Phi) is 30.5. The second kappa shape index (κ2) is 30.0. The van der Waals surface area contributed by atoms with Crippen LogP contribution in [0.5, 0.6) is 0 Å². The van der Waals surface area contributed by atoms with Gasteiger partial charge in [-0.15, -0.1) is 60.2 Å². The first-order valence-electron chi connectivity index (χ1n) is 17.0. The molecule has 6 aromatic heterocycles. The van der Waals surface area contributed by atoms with Crippen molar-refractivity contribution >= 4 is 51.5 Å². The topological polar surface area (TPSA) is 220 Å². The van der Waals surface area contributed by atoms with E-state index < -0.39 is 5.97 Å². The van der Waals surface area contributed by atoms with E-state index in [0.717, 1.165) is 88.5 Å². The van der Waals surface area contributed by atoms with Crippen LogP contribution in [0.15, 0.2) is 50.0 Å². The summed E-state index contributed by atoms with van der Waals surface area (Å²) in [5, 5.41) is 32.7. The summed E-state index contributed by atoms with van der Waals surface area (Å²) in [5.74, 6) is 1.81. The van der Waals surface area contributed by atoms with Gasteiger partial charge < -0.3 is 40.1 Å². The third-order valence-corrected chi connectivity index (χ3v) is 11.5. The van der Waals surface area contributed by atoms with Crippen LogP contribution in [0.3, 0.4) is 0 Å². The number of aromatic nitrogens is 3. The first-order chi connectivity index (χ1) is 25.7. The molecule has 6 heterocycles. The number of carboxylic acids is 1. The van der Waals surface area contributed by atoms with Gasteiger partial charge in [-0.05, 0) is 113 Å². The van der Waals surface area contributed by atoms with Crippen molar-refractivity contribution in [3.05, 3.63) is 127 Å². The number of Topliss-reactive ketones (excluding diaryl/α,β-unsaturated/α-hetero) is 2. The van der Waals surface area contributed by atoms with Crippen molar-refractivity contribution in [2.24, 2.45) is 0 Å². The van der Waals surface area contributed by atoms with E-state index in [1.54, 1.807) is 26.0 Å². The number of hydrogen-bond donors (Lipinski definition) is 2. The van der Waals surface area contributed by atoms with Gasteiger partial charge in [0.05, 0.1) is 26.8 Å². The van der Waals surface area contributed by atoms with Crippen LogP contribution < -0.4 is 24.2 Å². The Labute approximate surface area is 441 Å². The molecule has 0 amide bonds. The number of carboxylic acid groups (broad SMARTS) is 1. The fourth-order valence-electron chi connectivity index (χ4n) is 4.97. The monoisotopic (exact) mass is 1290 g/mol. The zero-order valence-corrected chi connectivity index (χ0v) is 46.1. The summed E-state index contributed by atoms with van der Waals surface area (Å²) in [6.45, 7) is 18.3. The van der Waals surface area contributed by atoms with Crippen molar-refractivity contribution in [2.75, 3.05) is 0 Å². The molecule has 3 N–H and O–H groups in total. The van der Waals surface area contributed by atoms with Crippen LogP contribution in [0.1, 0.15) is 116 Å². The van der Waals surface area contributed by atoms with Crippen molar-refractivity contribution in [2.45, 2.75) is 102 Å². The average Bonchev–Trinajstić information content (AvgIpc) is 4.00. The molecule has 0 unspecified atom stereocenters. The molecule has 0 bridgehead atoms. The molecule has 0 spiro atoms. The number of carbonyl (C=O) groups is 3. The van der Waals surface area contributed by atoms with Gasteiger partial charge >= 0.3 is 24.8 Å². The van der Waals surface area contributed by atoms with E-state index in [2.05, 4.69) is 31.4 Å². The summed E-state index contributed by atoms with van der Waals surface area (Å²) in [5.41, 5.74) is 5.85. The number of thiophene rings is 3. The van der Waals surface area contributed by atoms with Crippen molar-refractivity contribution in [1.29, 1.82) is 0 Å². The largest absolute Gasteiger partial charge is 1.00 e. The Morgan fingerprint density at radius 3 is 1.29 bits per heavy atom. The van der Waals surface area contributed by atoms with Gasteiger partial charge in [-0.1, -0.05) is 22.9 Å². The molecule has 0 atom stereocenters. The average molecular weight is 1290 g/mol. The maximum atomic E-state index is 11.2. The Bertz CT molecular complexity index is 1880. The second-order valence-corrected chi connectivity index (χ2v) is 15.8. The third kappa shape index (κ3) is 19.0. The van der Waals surface area contributed by atoms with Crippen LogP contribution in [0, 0.1) is 130 Å². The van der Waals surface area contributed by atoms with Crippen LogP contribution in [0.2, 0.25) is 0 Å². The van der Waals surface area contributed by atoms with E-state index in [9.17, 15) is 14.4 Å². The van der Waals surface area contributed by atoms with E-state index in [1.165, 1.54) is 34.0 Å². The van der Waals surface area contributed by atoms with Gasteiger partial charge in [-0.25, -0.2) is 4.79 Å². The van der Waals surface area contributed by atoms with Gasteiger partial charge in [-0.2, -0.15) is 0 Å². The first kappa shape index (κ1) is 60.0. The molecule has 0 saturated heterocycles. The van der Waals surface area contributed by atoms with Gasteiger partial charge in [0.2, 0.25) is 0 Å². The number of hydrogen-bond acceptors (Lipinski definition) is 14. The Hall–Kier alpha value is -1.14. The number of aromatic carboxylic acids is 1. The number of nitrogens with zero attached hydrogens (tertiary/aromatic N) is 5. The maximum absolute atomic E-state index is 11.2. The van der Waals surface area contributed by atoms with Crippen LogP contribution in [-0.2, 0) is 39.3 Å². The van der Waals surface area contributed by atoms with Gasteiger partial charge in [0.25, 0.3) is 0 Å². The van der Waals surface area contributed by atoms with Crippen LogP contribution in [0.4, 0.5) is 0 Å². The molecule has 0 aromatic carbocycles. The summed E-state index contributed by atoms with van der Waals surface area (Å²) >= 11 is 4.29. The normalized spacial score (nSPS) is 9.90. The van der Waals surface area contributed by atoms with Gasteiger partial charge in [-0.3, -0.25) is 9.59 Å². The first-order valence-corrected chi connectivity index (χ1v) is 19.4. The zero-order valence-electron chi connectivity index (χ0n) is 34.2. The predicted molar refractivity (Wildman–Crippen MR) is 219 cm³/mol. The fourth-order valence-corrected chi connectivity index (χ4v) is 7.49. The summed E-state index contributed by atoms with van der Waals surface area (Å²) in [4.78, 5) is 38.2. The van der Waals surface area contributed by atoms with E-state index in [-0.39, 0.29) is 131 Å². The molecule has 20 heteroatoms. The summed E-state index contributed by atoms with van der Waals surface area (Å²) in [7, 11) is 0. The molecule has 0 saturated carbocycles. The second-order valence-electron chi connectivity index (χ2n) is 12.3. The van der Waals surface area contributed by atoms with Crippen molar-refractivity contribution < 1.29 is 146 Å². The molecule has 14 nitrogen and oxygen atoms in total. The maximum Gasteiger partial charge on any atom is 1.00 e. The van der Waals surface area contributed by atoms with Crippen LogP contribution >= 0.6 is 34.0 Å². The Morgan fingerprint density at radius 2 is 0.949 bits per heavy atom. The predicted octanol–water partition coefficient (Wildman–Crippen LogP) is 7.06. The van der Waals surface area contributed by atoms with Gasteiger partial charge in [0.15, 0.2) is 11.6 Å². The molecule has 0 aliphatic heterocycles. The van der Waals surface area contributed by atoms with E-state index in [0.29, 0.717) is 31.1 Å². The van der Waals surface area contributed by atoms with E-state index in [4.69, 9.17) is 18.7 Å². The minimum atomic E-state index is -0.892. The summed E-state index contributed by atoms with van der Waals surface area (Å²) in [6.07, 6.45) is 0. The van der Waals surface area contributed by atoms with Crippen molar-refractivity contribution in [1.82, 2.24) is 20.8 Å². The molecular weight excluding hydrogens is 1240 g/mol. The molecular formula is C39H49Ac2LiN6O8S3-2. The van der Waals surface area contributed by atoms with Crippen molar-refractivity contribution in [3.63, 3.8) is 0 Å². The van der Waals surface area contributed by atoms with E-state index in [1.807, 2.05) is 65.8 Å². The number of nitrogens with one attached hydrogen (secondary N) is 1. The number of ketones is 2. The molecule has 0 fully saturated rings. The van der Waals surface area contributed by atoms with E-state index >= 15 is 0 Å². The van der Waals surface area contributed by atoms with Crippen LogP contribution in [-0.4, -0.2) is 43.6 Å². The number of aryl methyl sites for hydroxylation is 6. The molecule has 6 aromatic rings. The Morgan fingerprint density at radius 1 is 0.593 bits per heavy atom. The SMILES string of the molecule is C.CC(=O)c1ccc(CNCc2c(C)noc2C)s1.CC(=O)c1ccc(C[N-]Cc2c(C)noc2C)s1.Cc1noc(C)c1C[N-]Cc1ccc(C(=O)O)s1.[Ac].[Ac].[Li+].[OH-]. The summed E-state index contributed by atoms with van der Waals surface area (Å²) in [6, 6.07) is 11.1. The van der Waals surface area contributed by atoms with Crippen molar-refractivity contribution in [3.8, 4) is 0 Å². The Balaban J connectivity index is 0. The quantitative estimate of drug-likeness (QED) is 0.0780. The molecule has 0 aliphatic carbocycles. The molecule has 2 radical (unpaired) electrons. The van der Waals surface area contributed by atoms with Crippen LogP contribution in [0.25, 0.3) is 10.6 Å². The fraction of sp³-hybridized carbons (Fsp3) is 0.385. The zero-order chi connectivity index (χ0) is 39.4. The number of carbonyl (C=O) groups excluding carboxylic acids is 2. The standard InChI is InChI=1S/C13H16N2O2S.C13H15N2O2S.C12H13N2O3S.CH4.2Ac.Li.H2O/c2*1-8-12(10(3)17-15-8)7-14-6-11-4-5-13(18-11)9(2)16;1-7-10(8(2)17-14-7)6-13-5-9-3-4-11(18-9)12(15)16;;;;;/h4-5,14H,6-7H2,1-3H3;4-5H,6-7H2,1-3H3;3-4H,5-6H2,1-2H3,(H,15,16);1H4;;;;1H2/q;2*-1;;;;+1;/p-1. The molecule has 310 valence electrons. The minimum Gasteiger partial charge on any atom is -0.870 e. The van der Waals surface area contributed by atoms with Gasteiger partial charge in [0.1, 0.15) is 22.2 Å². The van der Waals surface area contributed by atoms with Gasteiger partial charge in [0, 0.05) is 112 Å². The number of rotatable bonds is 15. The minimum absolute atomic E-state index is 0.